The molecule has 0 amide bonds. The predicted octanol–water partition coefficient (Wildman–Crippen LogP) is 2.07. The molecule has 88 valence electrons. The number of Topliss-reactive ketones (excluding diaryl/α,β-unsaturated/α-hetero) is 2. The second kappa shape index (κ2) is 5.64. The molecule has 0 saturated heterocycles. The van der Waals surface area contributed by atoms with Gasteiger partial charge in [-0.1, -0.05) is 0 Å². The Labute approximate surface area is 96.5 Å². The largest absolute Gasteiger partial charge is 0.352 e. The van der Waals surface area contributed by atoms with E-state index in [9.17, 15) is 9.59 Å². The molecule has 0 aliphatic rings. The highest BCUT2D eigenvalue weighted by Crippen LogP contribution is 2.11. The van der Waals surface area contributed by atoms with Crippen molar-refractivity contribution in [3.05, 3.63) is 23.5 Å². The zero-order chi connectivity index (χ0) is 12.1. The lowest BCUT2D eigenvalue weighted by atomic mass is 10.2. The van der Waals surface area contributed by atoms with Crippen molar-refractivity contribution in [2.45, 2.75) is 39.5 Å². The van der Waals surface area contributed by atoms with Gasteiger partial charge in [0.25, 0.3) is 0 Å². The Bertz CT molecular complexity index is 355. The molecule has 16 heavy (non-hydrogen) atoms. The van der Waals surface area contributed by atoms with Gasteiger partial charge in [0.05, 0.1) is 0 Å². The summed E-state index contributed by atoms with van der Waals surface area (Å²) in [5.41, 5.74) is 2.32. The van der Waals surface area contributed by atoms with Gasteiger partial charge in [0.1, 0.15) is 11.6 Å². The number of ketones is 2. The summed E-state index contributed by atoms with van der Waals surface area (Å²) in [5.74, 6) is 0.429. The fourth-order valence-electron chi connectivity index (χ4n) is 1.71. The molecule has 3 heteroatoms. The number of hydrogen-bond acceptors (Lipinski definition) is 2. The average Bonchev–Trinajstić information content (AvgIpc) is 2.53. The van der Waals surface area contributed by atoms with Crippen molar-refractivity contribution < 1.29 is 9.59 Å². The van der Waals surface area contributed by atoms with Gasteiger partial charge in [-0.25, -0.2) is 0 Å². The smallest absolute Gasteiger partial charge is 0.130 e. The third-order valence-corrected chi connectivity index (χ3v) is 2.80. The van der Waals surface area contributed by atoms with Gasteiger partial charge >= 0.3 is 0 Å². The minimum atomic E-state index is 0.214. The number of carbonyl (C=O) groups is 2. The second-order valence-corrected chi connectivity index (χ2v) is 4.28. The van der Waals surface area contributed by atoms with Gasteiger partial charge in [-0.05, 0) is 38.8 Å². The molecule has 1 aromatic rings. The molecule has 0 unspecified atom stereocenters. The van der Waals surface area contributed by atoms with E-state index in [0.29, 0.717) is 12.8 Å². The van der Waals surface area contributed by atoms with Gasteiger partial charge in [-0.2, -0.15) is 0 Å². The minimum absolute atomic E-state index is 0.214. The molecule has 0 spiro atoms. The van der Waals surface area contributed by atoms with E-state index >= 15 is 0 Å². The Kier molecular flexibility index (Phi) is 4.47. The van der Waals surface area contributed by atoms with Crippen molar-refractivity contribution in [3.8, 4) is 0 Å². The maximum absolute atomic E-state index is 10.9. The van der Waals surface area contributed by atoms with E-state index in [1.54, 1.807) is 13.8 Å². The summed E-state index contributed by atoms with van der Waals surface area (Å²) in [7, 11) is 1.99. The van der Waals surface area contributed by atoms with Crippen LogP contribution in [0, 0.1) is 0 Å². The topological polar surface area (TPSA) is 39.1 Å². The molecule has 1 aromatic heterocycles. The molecule has 0 atom stereocenters. The van der Waals surface area contributed by atoms with Gasteiger partial charge in [0, 0.05) is 31.3 Å². The Morgan fingerprint density at radius 1 is 1.00 bits per heavy atom. The highest BCUT2D eigenvalue weighted by atomic mass is 16.1. The third kappa shape index (κ3) is 3.65. The van der Waals surface area contributed by atoms with Gasteiger partial charge in [0.2, 0.25) is 0 Å². The van der Waals surface area contributed by atoms with Crippen LogP contribution in [0.4, 0.5) is 0 Å². The van der Waals surface area contributed by atoms with Crippen molar-refractivity contribution in [2.75, 3.05) is 0 Å². The lowest BCUT2D eigenvalue weighted by Gasteiger charge is -2.06. The van der Waals surface area contributed by atoms with Crippen LogP contribution in [-0.2, 0) is 29.5 Å². The van der Waals surface area contributed by atoms with Crippen LogP contribution >= 0.6 is 0 Å². The monoisotopic (exact) mass is 221 g/mol. The van der Waals surface area contributed by atoms with Crippen molar-refractivity contribution in [2.24, 2.45) is 7.05 Å². The SMILES string of the molecule is CC(=O)CCc1ccc(CCC(C)=O)n1C. The number of aromatic nitrogens is 1. The lowest BCUT2D eigenvalue weighted by Crippen LogP contribution is -2.04. The van der Waals surface area contributed by atoms with Gasteiger partial charge in [-0.3, -0.25) is 0 Å². The van der Waals surface area contributed by atoms with Crippen LogP contribution in [0.1, 0.15) is 38.1 Å². The first kappa shape index (κ1) is 12.7. The Morgan fingerprint density at radius 2 is 1.38 bits per heavy atom. The normalized spacial score (nSPS) is 10.4. The highest BCUT2D eigenvalue weighted by molar-refractivity contribution is 5.76. The van der Waals surface area contributed by atoms with Gasteiger partial charge < -0.3 is 14.2 Å². The molecule has 0 aliphatic carbocycles. The van der Waals surface area contributed by atoms with Crippen molar-refractivity contribution in [1.82, 2.24) is 4.57 Å². The average molecular weight is 221 g/mol. The van der Waals surface area contributed by atoms with E-state index in [0.717, 1.165) is 24.2 Å². The standard InChI is InChI=1S/C13H19NO2/c1-10(15)4-6-12-8-9-13(14(12)3)7-5-11(2)16/h8-9H,4-7H2,1-3H3. The number of nitrogens with zero attached hydrogens (tertiary/aromatic N) is 1. The van der Waals surface area contributed by atoms with E-state index in [1.807, 2.05) is 19.2 Å². The van der Waals surface area contributed by atoms with Crippen molar-refractivity contribution in [1.29, 1.82) is 0 Å². The second-order valence-electron chi connectivity index (χ2n) is 4.28. The molecule has 1 rings (SSSR count). The number of rotatable bonds is 6. The van der Waals surface area contributed by atoms with Crippen LogP contribution in [0.15, 0.2) is 12.1 Å². The summed E-state index contributed by atoms with van der Waals surface area (Å²) in [5, 5.41) is 0. The number of carbonyl (C=O) groups excluding carboxylic acids is 2. The summed E-state index contributed by atoms with van der Waals surface area (Å²) in [4.78, 5) is 21.8. The van der Waals surface area contributed by atoms with Crippen LogP contribution < -0.4 is 0 Å². The summed E-state index contributed by atoms with van der Waals surface area (Å²) in [6, 6.07) is 4.08. The zero-order valence-electron chi connectivity index (χ0n) is 10.2. The first-order valence-corrected chi connectivity index (χ1v) is 5.63. The summed E-state index contributed by atoms with van der Waals surface area (Å²) < 4.78 is 2.09. The predicted molar refractivity (Wildman–Crippen MR) is 63.4 cm³/mol. The summed E-state index contributed by atoms with van der Waals surface area (Å²) in [6.07, 6.45) is 2.74. The van der Waals surface area contributed by atoms with Crippen molar-refractivity contribution in [3.63, 3.8) is 0 Å². The fraction of sp³-hybridized carbons (Fsp3) is 0.538. The number of hydrogen-bond donors (Lipinski definition) is 0. The van der Waals surface area contributed by atoms with Crippen molar-refractivity contribution >= 4 is 11.6 Å². The fourth-order valence-corrected chi connectivity index (χ4v) is 1.71. The number of aryl methyl sites for hydroxylation is 2. The minimum Gasteiger partial charge on any atom is -0.352 e. The van der Waals surface area contributed by atoms with Gasteiger partial charge in [0.15, 0.2) is 0 Å². The molecular weight excluding hydrogens is 202 g/mol. The van der Waals surface area contributed by atoms with E-state index in [2.05, 4.69) is 4.57 Å². The van der Waals surface area contributed by atoms with Crippen LogP contribution in [0.5, 0.6) is 0 Å². The Balaban J connectivity index is 2.61. The highest BCUT2D eigenvalue weighted by Gasteiger charge is 2.06. The van der Waals surface area contributed by atoms with E-state index in [-0.39, 0.29) is 11.6 Å². The first-order chi connectivity index (χ1) is 7.50. The summed E-state index contributed by atoms with van der Waals surface area (Å²) >= 11 is 0. The molecule has 3 nitrogen and oxygen atoms in total. The Hall–Kier alpha value is -1.38. The van der Waals surface area contributed by atoms with E-state index in [1.165, 1.54) is 0 Å². The van der Waals surface area contributed by atoms with E-state index < -0.39 is 0 Å². The van der Waals surface area contributed by atoms with Crippen LogP contribution in [0.3, 0.4) is 0 Å². The lowest BCUT2D eigenvalue weighted by molar-refractivity contribution is -0.117. The molecule has 0 saturated carbocycles. The first-order valence-electron chi connectivity index (χ1n) is 5.63. The van der Waals surface area contributed by atoms with Gasteiger partial charge in [-0.15, -0.1) is 0 Å². The maximum atomic E-state index is 10.9. The van der Waals surface area contributed by atoms with E-state index in [4.69, 9.17) is 0 Å². The molecule has 0 fully saturated rings. The molecule has 0 aromatic carbocycles. The molecule has 0 N–H and O–H groups in total. The molecule has 0 radical (unpaired) electrons. The molecular formula is C13H19NO2. The summed E-state index contributed by atoms with van der Waals surface area (Å²) in [6.45, 7) is 3.22. The molecule has 1 heterocycles. The molecule has 0 bridgehead atoms. The molecule has 0 aliphatic heterocycles. The Morgan fingerprint density at radius 3 is 1.69 bits per heavy atom. The van der Waals surface area contributed by atoms with Crippen LogP contribution in [0.2, 0.25) is 0 Å². The third-order valence-electron chi connectivity index (χ3n) is 2.80. The quantitative estimate of drug-likeness (QED) is 0.737. The maximum Gasteiger partial charge on any atom is 0.130 e. The van der Waals surface area contributed by atoms with Crippen LogP contribution in [-0.4, -0.2) is 16.1 Å². The zero-order valence-corrected chi connectivity index (χ0v) is 10.2. The van der Waals surface area contributed by atoms with Crippen LogP contribution in [0.25, 0.3) is 0 Å².